The van der Waals surface area contributed by atoms with Crippen molar-refractivity contribution in [2.24, 2.45) is 5.41 Å². The molecule has 0 amide bonds. The van der Waals surface area contributed by atoms with Crippen molar-refractivity contribution in [1.82, 2.24) is 10.2 Å². The molecular formula is C10H18F2N2. The molecule has 2 nitrogen and oxygen atoms in total. The van der Waals surface area contributed by atoms with Crippen molar-refractivity contribution in [3.8, 4) is 0 Å². The van der Waals surface area contributed by atoms with Gasteiger partial charge >= 0.3 is 0 Å². The molecule has 1 atom stereocenters. The molecule has 1 N–H and O–H groups in total. The van der Waals surface area contributed by atoms with Crippen LogP contribution >= 0.6 is 0 Å². The number of piperazine rings is 1. The lowest BCUT2D eigenvalue weighted by Crippen LogP contribution is -2.52. The van der Waals surface area contributed by atoms with Crippen LogP contribution in [0.4, 0.5) is 8.78 Å². The van der Waals surface area contributed by atoms with E-state index in [1.54, 1.807) is 0 Å². The van der Waals surface area contributed by atoms with Crippen LogP contribution in [-0.2, 0) is 0 Å². The van der Waals surface area contributed by atoms with E-state index in [4.69, 9.17) is 0 Å². The summed E-state index contributed by atoms with van der Waals surface area (Å²) in [6.07, 6.45) is -0.715. The minimum Gasteiger partial charge on any atom is -0.314 e. The first kappa shape index (κ1) is 10.3. The molecule has 14 heavy (non-hydrogen) atoms. The first-order chi connectivity index (χ1) is 6.64. The van der Waals surface area contributed by atoms with Crippen LogP contribution in [0.25, 0.3) is 0 Å². The molecule has 2 aliphatic rings. The highest BCUT2D eigenvalue weighted by Crippen LogP contribution is 2.51. The zero-order valence-corrected chi connectivity index (χ0v) is 8.60. The average molecular weight is 204 g/mol. The molecule has 0 unspecified atom stereocenters. The summed E-state index contributed by atoms with van der Waals surface area (Å²) in [5.41, 5.74) is -0.647. The second-order valence-corrected chi connectivity index (χ2v) is 4.69. The number of nitrogens with zero attached hydrogens (tertiary/aromatic N) is 1. The Balaban J connectivity index is 1.89. The van der Waals surface area contributed by atoms with E-state index in [9.17, 15) is 8.78 Å². The predicted molar refractivity (Wildman–Crippen MR) is 51.6 cm³/mol. The lowest BCUT2D eigenvalue weighted by Gasteiger charge is -2.36. The highest BCUT2D eigenvalue weighted by atomic mass is 19.3. The van der Waals surface area contributed by atoms with Crippen LogP contribution in [0.3, 0.4) is 0 Å². The van der Waals surface area contributed by atoms with Gasteiger partial charge in [0.1, 0.15) is 0 Å². The molecule has 82 valence electrons. The zero-order valence-electron chi connectivity index (χ0n) is 8.60. The van der Waals surface area contributed by atoms with E-state index in [1.807, 2.05) is 0 Å². The number of hydrogen-bond acceptors (Lipinski definition) is 2. The summed E-state index contributed by atoms with van der Waals surface area (Å²) in [5.74, 6) is 0. The number of hydrogen-bond donors (Lipinski definition) is 1. The molecule has 1 saturated heterocycles. The van der Waals surface area contributed by atoms with Crippen LogP contribution in [0, 0.1) is 5.41 Å². The van der Waals surface area contributed by atoms with Crippen LogP contribution < -0.4 is 5.32 Å². The monoisotopic (exact) mass is 204 g/mol. The molecule has 0 bridgehead atoms. The Morgan fingerprint density at radius 3 is 2.71 bits per heavy atom. The van der Waals surface area contributed by atoms with Gasteiger partial charge in [-0.3, -0.25) is 4.90 Å². The highest BCUT2D eigenvalue weighted by Gasteiger charge is 2.52. The SMILES string of the molecule is C[C@H]1CNCCN1CC1(C(F)F)CC1. The minimum absolute atomic E-state index is 0.403. The average Bonchev–Trinajstić information content (AvgIpc) is 2.90. The fourth-order valence-corrected chi connectivity index (χ4v) is 2.13. The molecule has 1 aliphatic carbocycles. The lowest BCUT2D eigenvalue weighted by molar-refractivity contribution is 0.0230. The summed E-state index contributed by atoms with van der Waals surface area (Å²) in [5, 5.41) is 3.27. The largest absolute Gasteiger partial charge is 0.314 e. The van der Waals surface area contributed by atoms with Crippen molar-refractivity contribution in [2.45, 2.75) is 32.2 Å². The van der Waals surface area contributed by atoms with Gasteiger partial charge in [0.25, 0.3) is 0 Å². The maximum absolute atomic E-state index is 12.7. The second kappa shape index (κ2) is 3.74. The smallest absolute Gasteiger partial charge is 0.245 e. The number of halogens is 2. The van der Waals surface area contributed by atoms with Gasteiger partial charge in [0.05, 0.1) is 0 Å². The quantitative estimate of drug-likeness (QED) is 0.746. The van der Waals surface area contributed by atoms with Gasteiger partial charge in [-0.15, -0.1) is 0 Å². The Bertz CT molecular complexity index is 204. The minimum atomic E-state index is -2.13. The molecular weight excluding hydrogens is 186 g/mol. The summed E-state index contributed by atoms with van der Waals surface area (Å²) in [7, 11) is 0. The summed E-state index contributed by atoms with van der Waals surface area (Å²) >= 11 is 0. The number of nitrogens with one attached hydrogen (secondary N) is 1. The summed E-state index contributed by atoms with van der Waals surface area (Å²) < 4.78 is 25.4. The van der Waals surface area contributed by atoms with E-state index in [0.717, 1.165) is 19.6 Å². The van der Waals surface area contributed by atoms with Gasteiger partial charge in [-0.2, -0.15) is 0 Å². The van der Waals surface area contributed by atoms with Gasteiger partial charge in [0, 0.05) is 37.6 Å². The van der Waals surface area contributed by atoms with Gasteiger partial charge in [0.2, 0.25) is 6.43 Å². The van der Waals surface area contributed by atoms with E-state index >= 15 is 0 Å². The van der Waals surface area contributed by atoms with Gasteiger partial charge in [-0.1, -0.05) is 0 Å². The van der Waals surface area contributed by atoms with Crippen molar-refractivity contribution in [3.05, 3.63) is 0 Å². The van der Waals surface area contributed by atoms with Crippen molar-refractivity contribution in [3.63, 3.8) is 0 Å². The van der Waals surface area contributed by atoms with E-state index in [-0.39, 0.29) is 0 Å². The van der Waals surface area contributed by atoms with Gasteiger partial charge < -0.3 is 5.32 Å². The summed E-state index contributed by atoms with van der Waals surface area (Å²) in [6.45, 7) is 5.47. The van der Waals surface area contributed by atoms with E-state index in [2.05, 4.69) is 17.1 Å². The lowest BCUT2D eigenvalue weighted by atomic mass is 10.1. The fourth-order valence-electron chi connectivity index (χ4n) is 2.13. The maximum atomic E-state index is 12.7. The van der Waals surface area contributed by atoms with Gasteiger partial charge in [0.15, 0.2) is 0 Å². The molecule has 2 rings (SSSR count). The third kappa shape index (κ3) is 1.91. The Morgan fingerprint density at radius 1 is 1.50 bits per heavy atom. The maximum Gasteiger partial charge on any atom is 0.245 e. The number of rotatable bonds is 3. The molecule has 0 radical (unpaired) electrons. The van der Waals surface area contributed by atoms with Crippen LogP contribution in [0.5, 0.6) is 0 Å². The molecule has 1 saturated carbocycles. The summed E-state index contributed by atoms with van der Waals surface area (Å²) in [4.78, 5) is 2.20. The van der Waals surface area contributed by atoms with Crippen LogP contribution in [0.1, 0.15) is 19.8 Å². The molecule has 0 aromatic heterocycles. The molecule has 0 aromatic carbocycles. The Labute approximate surface area is 83.7 Å². The third-order valence-corrected chi connectivity index (χ3v) is 3.51. The second-order valence-electron chi connectivity index (χ2n) is 4.69. The molecule has 1 aliphatic heterocycles. The van der Waals surface area contributed by atoms with Gasteiger partial charge in [-0.25, -0.2) is 8.78 Å². The molecule has 0 aromatic rings. The predicted octanol–water partition coefficient (Wildman–Crippen LogP) is 1.33. The van der Waals surface area contributed by atoms with Crippen LogP contribution in [0.15, 0.2) is 0 Å². The molecule has 1 heterocycles. The first-order valence-corrected chi connectivity index (χ1v) is 5.37. The third-order valence-electron chi connectivity index (χ3n) is 3.51. The highest BCUT2D eigenvalue weighted by molar-refractivity contribution is 4.99. The van der Waals surface area contributed by atoms with E-state index in [1.165, 1.54) is 0 Å². The normalized spacial score (nSPS) is 32.1. The number of alkyl halides is 2. The summed E-state index contributed by atoms with van der Waals surface area (Å²) in [6, 6.07) is 0.403. The van der Waals surface area contributed by atoms with E-state index in [0.29, 0.717) is 25.4 Å². The van der Waals surface area contributed by atoms with Gasteiger partial charge in [-0.05, 0) is 19.8 Å². The van der Waals surface area contributed by atoms with Crippen molar-refractivity contribution in [1.29, 1.82) is 0 Å². The van der Waals surface area contributed by atoms with Crippen molar-refractivity contribution < 1.29 is 8.78 Å². The zero-order chi connectivity index (χ0) is 10.2. The molecule has 4 heteroatoms. The fraction of sp³-hybridized carbons (Fsp3) is 1.00. The Kier molecular flexibility index (Phi) is 2.75. The molecule has 0 spiro atoms. The molecule has 2 fully saturated rings. The Morgan fingerprint density at radius 2 is 2.21 bits per heavy atom. The first-order valence-electron chi connectivity index (χ1n) is 5.37. The van der Waals surface area contributed by atoms with Crippen LogP contribution in [0.2, 0.25) is 0 Å². The topological polar surface area (TPSA) is 15.3 Å². The van der Waals surface area contributed by atoms with Crippen molar-refractivity contribution in [2.75, 3.05) is 26.2 Å². The Hall–Kier alpha value is -0.220. The van der Waals surface area contributed by atoms with E-state index < -0.39 is 11.8 Å². The standard InChI is InChI=1S/C10H18F2N2/c1-8-6-13-4-5-14(8)7-10(2-3-10)9(11)12/h8-9,13H,2-7H2,1H3/t8-/m0/s1. The van der Waals surface area contributed by atoms with Crippen molar-refractivity contribution >= 4 is 0 Å². The van der Waals surface area contributed by atoms with Crippen LogP contribution in [-0.4, -0.2) is 43.5 Å².